The highest BCUT2D eigenvalue weighted by molar-refractivity contribution is 5.79. The second-order valence-corrected chi connectivity index (χ2v) is 6.11. The predicted octanol–water partition coefficient (Wildman–Crippen LogP) is 1.75. The number of ether oxygens (including phenoxy) is 2. The molecule has 1 heterocycles. The van der Waals surface area contributed by atoms with Crippen LogP contribution < -0.4 is 10.6 Å². The molecule has 0 bridgehead atoms. The number of guanidine groups is 1. The Bertz CT molecular complexity index is 452. The Morgan fingerprint density at radius 2 is 2.04 bits per heavy atom. The molecule has 7 heteroatoms. The maximum Gasteiger partial charge on any atom is 0.191 e. The average molecular weight is 369 g/mol. The van der Waals surface area contributed by atoms with Gasteiger partial charge in [0.15, 0.2) is 5.96 Å². The molecule has 0 aliphatic rings. The van der Waals surface area contributed by atoms with Crippen molar-refractivity contribution >= 4 is 5.96 Å². The van der Waals surface area contributed by atoms with Gasteiger partial charge in [-0.3, -0.25) is 4.99 Å². The van der Waals surface area contributed by atoms with Crippen molar-refractivity contribution in [3.8, 4) is 0 Å². The van der Waals surface area contributed by atoms with Crippen molar-refractivity contribution in [2.45, 2.75) is 26.2 Å². The Morgan fingerprint density at radius 3 is 2.77 bits per heavy atom. The molecule has 0 fully saturated rings. The van der Waals surface area contributed by atoms with Crippen LogP contribution in [0.25, 0.3) is 0 Å². The number of hydrogen-bond acceptors (Lipinski definition) is 5. The summed E-state index contributed by atoms with van der Waals surface area (Å²) >= 11 is 0. The van der Waals surface area contributed by atoms with Gasteiger partial charge < -0.3 is 29.4 Å². The molecule has 1 rings (SSSR count). The van der Waals surface area contributed by atoms with Gasteiger partial charge in [-0.15, -0.1) is 0 Å². The molecule has 1 aromatic rings. The first-order chi connectivity index (χ1) is 12.8. The molecular weight excluding hydrogens is 332 g/mol. The van der Waals surface area contributed by atoms with Crippen LogP contribution in [0.2, 0.25) is 0 Å². The second-order valence-electron chi connectivity index (χ2n) is 6.11. The van der Waals surface area contributed by atoms with Gasteiger partial charge in [0.25, 0.3) is 0 Å². The smallest absolute Gasteiger partial charge is 0.191 e. The number of likely N-dealkylation sites (N-methyl/N-ethyl adjacent to an activating group) is 1. The lowest BCUT2D eigenvalue weighted by Crippen LogP contribution is -2.42. The molecule has 7 nitrogen and oxygen atoms in total. The van der Waals surface area contributed by atoms with E-state index in [2.05, 4.69) is 27.6 Å². The van der Waals surface area contributed by atoms with Gasteiger partial charge in [-0.25, -0.2) is 0 Å². The molecule has 0 aliphatic heterocycles. The molecule has 0 radical (unpaired) electrons. The Morgan fingerprint density at radius 1 is 1.19 bits per heavy atom. The van der Waals surface area contributed by atoms with E-state index in [1.165, 1.54) is 0 Å². The summed E-state index contributed by atoms with van der Waals surface area (Å²) in [4.78, 5) is 6.93. The van der Waals surface area contributed by atoms with E-state index < -0.39 is 0 Å². The number of nitrogens with one attached hydrogen (secondary N) is 2. The summed E-state index contributed by atoms with van der Waals surface area (Å²) in [5.41, 5.74) is 0. The summed E-state index contributed by atoms with van der Waals surface area (Å²) in [6.07, 6.45) is 4.52. The van der Waals surface area contributed by atoms with Crippen molar-refractivity contribution < 1.29 is 13.9 Å². The number of nitrogens with zero attached hydrogens (tertiary/aromatic N) is 2. The van der Waals surface area contributed by atoms with Gasteiger partial charge in [-0.2, -0.15) is 0 Å². The summed E-state index contributed by atoms with van der Waals surface area (Å²) in [6.45, 7) is 8.70. The summed E-state index contributed by atoms with van der Waals surface area (Å²) in [7, 11) is 3.87. The van der Waals surface area contributed by atoms with Gasteiger partial charge in [0.1, 0.15) is 5.76 Å². The molecule has 0 spiro atoms. The number of furan rings is 1. The van der Waals surface area contributed by atoms with E-state index in [1.54, 1.807) is 13.4 Å². The first-order valence-corrected chi connectivity index (χ1v) is 9.56. The number of methoxy groups -OCH3 is 1. The lowest BCUT2D eigenvalue weighted by Gasteiger charge is -2.18. The maximum absolute atomic E-state index is 5.37. The van der Waals surface area contributed by atoms with Crippen LogP contribution >= 0.6 is 0 Å². The van der Waals surface area contributed by atoms with E-state index >= 15 is 0 Å². The molecule has 150 valence electrons. The fourth-order valence-electron chi connectivity index (χ4n) is 2.39. The Kier molecular flexibility index (Phi) is 13.5. The van der Waals surface area contributed by atoms with Crippen molar-refractivity contribution in [3.05, 3.63) is 24.2 Å². The topological polar surface area (TPSA) is 71.3 Å². The van der Waals surface area contributed by atoms with Crippen LogP contribution in [0.15, 0.2) is 27.8 Å². The minimum atomic E-state index is 0.750. The molecule has 0 saturated heterocycles. The SMILES string of the molecule is CCOCCCN=C(NCCc1ccco1)NCCN(C)CCCOC. The second kappa shape index (κ2) is 15.7. The van der Waals surface area contributed by atoms with Crippen molar-refractivity contribution in [1.82, 2.24) is 15.5 Å². The van der Waals surface area contributed by atoms with E-state index in [1.807, 2.05) is 19.1 Å². The van der Waals surface area contributed by atoms with E-state index in [9.17, 15) is 0 Å². The van der Waals surface area contributed by atoms with Crippen LogP contribution in [0.5, 0.6) is 0 Å². The molecule has 26 heavy (non-hydrogen) atoms. The summed E-state index contributed by atoms with van der Waals surface area (Å²) < 4.78 is 15.8. The Balaban J connectivity index is 2.29. The number of aliphatic imine (C=N–C) groups is 1. The van der Waals surface area contributed by atoms with Crippen molar-refractivity contribution in [2.24, 2.45) is 4.99 Å². The Hall–Kier alpha value is -1.57. The quantitative estimate of drug-likeness (QED) is 0.279. The van der Waals surface area contributed by atoms with Crippen LogP contribution in [-0.2, 0) is 15.9 Å². The summed E-state index contributed by atoms with van der Waals surface area (Å²) in [6, 6.07) is 3.90. The average Bonchev–Trinajstić information content (AvgIpc) is 3.14. The van der Waals surface area contributed by atoms with Gasteiger partial charge >= 0.3 is 0 Å². The zero-order chi connectivity index (χ0) is 18.9. The number of rotatable bonds is 15. The zero-order valence-corrected chi connectivity index (χ0v) is 16.6. The maximum atomic E-state index is 5.37. The minimum absolute atomic E-state index is 0.750. The number of hydrogen-bond donors (Lipinski definition) is 2. The van der Waals surface area contributed by atoms with Crippen LogP contribution in [0.1, 0.15) is 25.5 Å². The summed E-state index contributed by atoms with van der Waals surface area (Å²) in [5, 5.41) is 6.78. The molecule has 0 saturated carbocycles. The van der Waals surface area contributed by atoms with E-state index in [-0.39, 0.29) is 0 Å². The normalized spacial score (nSPS) is 11.9. The Labute approximate surface area is 158 Å². The lowest BCUT2D eigenvalue weighted by molar-refractivity contribution is 0.146. The lowest BCUT2D eigenvalue weighted by atomic mass is 10.3. The van der Waals surface area contributed by atoms with Crippen LogP contribution in [-0.4, -0.2) is 77.6 Å². The highest BCUT2D eigenvalue weighted by Gasteiger charge is 2.02. The van der Waals surface area contributed by atoms with Crippen molar-refractivity contribution in [2.75, 3.05) is 66.7 Å². The van der Waals surface area contributed by atoms with E-state index in [0.717, 1.165) is 83.5 Å². The van der Waals surface area contributed by atoms with E-state index in [0.29, 0.717) is 0 Å². The first kappa shape index (κ1) is 22.5. The fraction of sp³-hybridized carbons (Fsp3) is 0.737. The molecule has 0 aromatic carbocycles. The van der Waals surface area contributed by atoms with E-state index in [4.69, 9.17) is 13.9 Å². The predicted molar refractivity (Wildman–Crippen MR) is 106 cm³/mol. The van der Waals surface area contributed by atoms with Crippen LogP contribution in [0, 0.1) is 0 Å². The molecule has 0 unspecified atom stereocenters. The monoisotopic (exact) mass is 368 g/mol. The highest BCUT2D eigenvalue weighted by atomic mass is 16.5. The highest BCUT2D eigenvalue weighted by Crippen LogP contribution is 1.99. The van der Waals surface area contributed by atoms with Crippen molar-refractivity contribution in [1.29, 1.82) is 0 Å². The molecule has 0 amide bonds. The van der Waals surface area contributed by atoms with Gasteiger partial charge in [0.05, 0.1) is 6.26 Å². The zero-order valence-electron chi connectivity index (χ0n) is 16.6. The third-order valence-electron chi connectivity index (χ3n) is 3.84. The van der Waals surface area contributed by atoms with Gasteiger partial charge in [0.2, 0.25) is 0 Å². The molecule has 1 aromatic heterocycles. The molecular formula is C19H36N4O3. The largest absolute Gasteiger partial charge is 0.469 e. The van der Waals surface area contributed by atoms with Crippen LogP contribution in [0.3, 0.4) is 0 Å². The van der Waals surface area contributed by atoms with Gasteiger partial charge in [-0.1, -0.05) is 0 Å². The van der Waals surface area contributed by atoms with Crippen LogP contribution in [0.4, 0.5) is 0 Å². The van der Waals surface area contributed by atoms with Gasteiger partial charge in [0, 0.05) is 66.1 Å². The molecule has 2 N–H and O–H groups in total. The first-order valence-electron chi connectivity index (χ1n) is 9.56. The molecule has 0 atom stereocenters. The van der Waals surface area contributed by atoms with Gasteiger partial charge in [-0.05, 0) is 38.9 Å². The standard InChI is InChI=1S/C19H36N4O3/c1-4-25-16-6-10-20-19(21-11-9-18-8-5-17-26-18)22-12-14-23(2)13-7-15-24-3/h5,8,17H,4,6-7,9-16H2,1-3H3,(H2,20,21,22). The minimum Gasteiger partial charge on any atom is -0.469 e. The summed E-state index contributed by atoms with van der Waals surface area (Å²) in [5.74, 6) is 1.82. The fourth-order valence-corrected chi connectivity index (χ4v) is 2.39. The molecule has 0 aliphatic carbocycles. The van der Waals surface area contributed by atoms with Crippen molar-refractivity contribution in [3.63, 3.8) is 0 Å². The third kappa shape index (κ3) is 11.9. The third-order valence-corrected chi connectivity index (χ3v) is 3.84.